The molecule has 0 aliphatic heterocycles. The molecule has 1 saturated carbocycles. The molecule has 70 valence electrons. The maximum Gasteiger partial charge on any atom is 0.136 e. The largest absolute Gasteiger partial charge is 0.300 e. The highest BCUT2D eigenvalue weighted by molar-refractivity contribution is 6.30. The second kappa shape index (κ2) is 3.11. The quantitative estimate of drug-likeness (QED) is 0.707. The van der Waals surface area contributed by atoms with Gasteiger partial charge in [0.1, 0.15) is 5.78 Å². The van der Waals surface area contributed by atoms with Crippen molar-refractivity contribution in [2.75, 3.05) is 0 Å². The van der Waals surface area contributed by atoms with Crippen molar-refractivity contribution in [1.29, 1.82) is 5.26 Å². The number of hydrogen-bond donors (Lipinski definition) is 0. The van der Waals surface area contributed by atoms with Crippen molar-refractivity contribution >= 4 is 17.4 Å². The van der Waals surface area contributed by atoms with Gasteiger partial charge in [-0.3, -0.25) is 4.79 Å². The molecular formula is C11H8ClNO. The van der Waals surface area contributed by atoms with Gasteiger partial charge in [0.2, 0.25) is 0 Å². The highest BCUT2D eigenvalue weighted by Gasteiger charge is 2.45. The van der Waals surface area contributed by atoms with Crippen molar-refractivity contribution in [3.8, 4) is 6.07 Å². The summed E-state index contributed by atoms with van der Waals surface area (Å²) in [6.45, 7) is 0. The number of ketones is 1. The number of carbonyl (C=O) groups is 1. The van der Waals surface area contributed by atoms with Crippen LogP contribution >= 0.6 is 11.6 Å². The van der Waals surface area contributed by atoms with Crippen LogP contribution in [0.15, 0.2) is 24.3 Å². The Labute approximate surface area is 87.1 Å². The Morgan fingerprint density at radius 1 is 1.43 bits per heavy atom. The van der Waals surface area contributed by atoms with Crippen LogP contribution in [0.5, 0.6) is 0 Å². The van der Waals surface area contributed by atoms with Crippen molar-refractivity contribution in [1.82, 2.24) is 0 Å². The number of halogens is 1. The molecule has 0 saturated heterocycles. The lowest BCUT2D eigenvalue weighted by Gasteiger charge is -2.34. The third-order valence-corrected chi connectivity index (χ3v) is 2.82. The molecule has 1 fully saturated rings. The van der Waals surface area contributed by atoms with Crippen LogP contribution in [-0.4, -0.2) is 5.78 Å². The molecule has 2 rings (SSSR count). The number of benzene rings is 1. The summed E-state index contributed by atoms with van der Waals surface area (Å²) in [6.07, 6.45) is 0.647. The first-order chi connectivity index (χ1) is 6.66. The summed E-state index contributed by atoms with van der Waals surface area (Å²) >= 11 is 5.83. The molecule has 3 heteroatoms. The Bertz CT molecular complexity index is 425. The monoisotopic (exact) mass is 205 g/mol. The van der Waals surface area contributed by atoms with Gasteiger partial charge in [-0.2, -0.15) is 5.26 Å². The average Bonchev–Trinajstić information content (AvgIpc) is 2.12. The van der Waals surface area contributed by atoms with Crippen molar-refractivity contribution in [3.63, 3.8) is 0 Å². The third kappa shape index (κ3) is 1.30. The van der Waals surface area contributed by atoms with E-state index in [-0.39, 0.29) is 5.78 Å². The number of nitrogens with zero attached hydrogens (tertiary/aromatic N) is 1. The van der Waals surface area contributed by atoms with Crippen LogP contribution in [0, 0.1) is 11.3 Å². The van der Waals surface area contributed by atoms with Gasteiger partial charge in [-0.15, -0.1) is 0 Å². The second-order valence-corrected chi connectivity index (χ2v) is 4.03. The van der Waals surface area contributed by atoms with Gasteiger partial charge in [-0.25, -0.2) is 0 Å². The number of hydrogen-bond acceptors (Lipinski definition) is 2. The van der Waals surface area contributed by atoms with Gasteiger partial charge in [0.25, 0.3) is 0 Å². The summed E-state index contributed by atoms with van der Waals surface area (Å²) in [6, 6.07) is 9.38. The van der Waals surface area contributed by atoms with Crippen LogP contribution in [0.1, 0.15) is 18.4 Å². The lowest BCUT2D eigenvalue weighted by molar-refractivity contribution is -0.126. The maximum atomic E-state index is 10.9. The molecule has 1 aliphatic rings. The zero-order chi connectivity index (χ0) is 10.2. The molecule has 0 radical (unpaired) electrons. The van der Waals surface area contributed by atoms with Gasteiger partial charge in [0, 0.05) is 17.9 Å². The Morgan fingerprint density at radius 3 is 2.64 bits per heavy atom. The van der Waals surface area contributed by atoms with E-state index >= 15 is 0 Å². The van der Waals surface area contributed by atoms with Crippen LogP contribution in [0.3, 0.4) is 0 Å². The van der Waals surface area contributed by atoms with E-state index in [1.165, 1.54) is 0 Å². The fraction of sp³-hybridized carbons (Fsp3) is 0.273. The zero-order valence-corrected chi connectivity index (χ0v) is 8.21. The summed E-state index contributed by atoms with van der Waals surface area (Å²) in [5.41, 5.74) is 0.245. The molecule has 1 aromatic carbocycles. The van der Waals surface area contributed by atoms with Gasteiger partial charge in [-0.05, 0) is 17.7 Å². The van der Waals surface area contributed by atoms with E-state index < -0.39 is 5.41 Å². The van der Waals surface area contributed by atoms with Crippen LogP contribution < -0.4 is 0 Å². The van der Waals surface area contributed by atoms with Crippen molar-refractivity contribution < 1.29 is 4.79 Å². The molecule has 0 N–H and O–H groups in total. The van der Waals surface area contributed by atoms with E-state index in [1.807, 2.05) is 6.07 Å². The maximum absolute atomic E-state index is 10.9. The number of rotatable bonds is 1. The molecule has 2 nitrogen and oxygen atoms in total. The molecule has 14 heavy (non-hydrogen) atoms. The molecule has 0 amide bonds. The summed E-state index contributed by atoms with van der Waals surface area (Å²) in [7, 11) is 0. The zero-order valence-electron chi connectivity index (χ0n) is 7.46. The predicted molar refractivity (Wildman–Crippen MR) is 53.0 cm³/mol. The molecule has 0 heterocycles. The van der Waals surface area contributed by atoms with E-state index in [0.29, 0.717) is 17.9 Å². The molecule has 1 aromatic rings. The summed E-state index contributed by atoms with van der Waals surface area (Å²) in [5, 5.41) is 9.66. The average molecular weight is 206 g/mol. The third-order valence-electron chi connectivity index (χ3n) is 2.59. The fourth-order valence-electron chi connectivity index (χ4n) is 1.76. The Balaban J connectivity index is 2.39. The van der Waals surface area contributed by atoms with Gasteiger partial charge in [0.15, 0.2) is 0 Å². The van der Waals surface area contributed by atoms with E-state index in [9.17, 15) is 4.79 Å². The summed E-state index contributed by atoms with van der Waals surface area (Å²) < 4.78 is 0. The minimum Gasteiger partial charge on any atom is -0.300 e. The van der Waals surface area contributed by atoms with Crippen LogP contribution in [0.4, 0.5) is 0 Å². The number of carbonyl (C=O) groups excluding carboxylic acids is 1. The van der Waals surface area contributed by atoms with Gasteiger partial charge in [0.05, 0.1) is 11.5 Å². The van der Waals surface area contributed by atoms with Crippen molar-refractivity contribution in [2.24, 2.45) is 0 Å². The van der Waals surface area contributed by atoms with Crippen LogP contribution in [-0.2, 0) is 10.2 Å². The summed E-state index contributed by atoms with van der Waals surface area (Å²) in [4.78, 5) is 10.9. The van der Waals surface area contributed by atoms with Gasteiger partial charge >= 0.3 is 0 Å². The smallest absolute Gasteiger partial charge is 0.136 e. The summed E-state index contributed by atoms with van der Waals surface area (Å²) in [5.74, 6) is 0.145. The Kier molecular flexibility index (Phi) is 2.05. The lowest BCUT2D eigenvalue weighted by Crippen LogP contribution is -2.40. The lowest BCUT2D eigenvalue weighted by atomic mass is 9.65. The van der Waals surface area contributed by atoms with Gasteiger partial charge in [-0.1, -0.05) is 23.7 Å². The molecule has 0 bridgehead atoms. The first kappa shape index (κ1) is 9.23. The van der Waals surface area contributed by atoms with E-state index in [1.54, 1.807) is 18.2 Å². The van der Waals surface area contributed by atoms with Crippen molar-refractivity contribution in [3.05, 3.63) is 34.9 Å². The Hall–Kier alpha value is -1.33. The SMILES string of the molecule is N#CC1(c2cccc(Cl)c2)CC(=O)C1. The second-order valence-electron chi connectivity index (χ2n) is 3.60. The van der Waals surface area contributed by atoms with Crippen molar-refractivity contribution in [2.45, 2.75) is 18.3 Å². The van der Waals surface area contributed by atoms with E-state index in [2.05, 4.69) is 6.07 Å². The molecule has 1 aliphatic carbocycles. The molecule has 0 unspecified atom stereocenters. The highest BCUT2D eigenvalue weighted by atomic mass is 35.5. The first-order valence-corrected chi connectivity index (χ1v) is 4.73. The highest BCUT2D eigenvalue weighted by Crippen LogP contribution is 2.41. The molecule has 0 atom stereocenters. The van der Waals surface area contributed by atoms with Crippen LogP contribution in [0.25, 0.3) is 0 Å². The minimum absolute atomic E-state index is 0.145. The fourth-order valence-corrected chi connectivity index (χ4v) is 1.95. The normalized spacial score (nSPS) is 18.4. The first-order valence-electron chi connectivity index (χ1n) is 4.35. The van der Waals surface area contributed by atoms with Crippen LogP contribution in [0.2, 0.25) is 5.02 Å². The molecule has 0 aromatic heterocycles. The minimum atomic E-state index is -0.609. The number of nitriles is 1. The Morgan fingerprint density at radius 2 is 2.14 bits per heavy atom. The van der Waals surface area contributed by atoms with Gasteiger partial charge < -0.3 is 0 Å². The standard InChI is InChI=1S/C11H8ClNO/c12-9-3-1-2-8(4-9)11(7-13)5-10(14)6-11/h1-4H,5-6H2. The molecule has 0 spiro atoms. The number of Topliss-reactive ketones (excluding diaryl/α,β-unsaturated/α-hetero) is 1. The van der Waals surface area contributed by atoms with E-state index in [4.69, 9.17) is 16.9 Å². The topological polar surface area (TPSA) is 40.9 Å². The predicted octanol–water partition coefficient (Wildman–Crippen LogP) is 2.46. The molecular weight excluding hydrogens is 198 g/mol. The van der Waals surface area contributed by atoms with E-state index in [0.717, 1.165) is 5.56 Å².